The largest absolute Gasteiger partial charge is 0.452 e. The molecule has 0 bridgehead atoms. The van der Waals surface area contributed by atoms with E-state index < -0.39 is 23.5 Å². The second-order valence-electron chi connectivity index (χ2n) is 2.02. The molecule has 0 spiro atoms. The van der Waals surface area contributed by atoms with Gasteiger partial charge in [-0.3, -0.25) is 10.0 Å². The van der Waals surface area contributed by atoms with E-state index in [-0.39, 0.29) is 0 Å². The van der Waals surface area contributed by atoms with Gasteiger partial charge in [-0.2, -0.15) is 13.2 Å². The van der Waals surface area contributed by atoms with E-state index in [1.807, 2.05) is 0 Å². The molecule has 0 saturated heterocycles. The summed E-state index contributed by atoms with van der Waals surface area (Å²) < 4.78 is 39.3. The summed E-state index contributed by atoms with van der Waals surface area (Å²) in [6.45, 7) is 0. The van der Waals surface area contributed by atoms with Gasteiger partial charge in [-0.1, -0.05) is 5.16 Å². The quantitative estimate of drug-likeness (QED) is 0.514. The molecular formula is C5H3F3N2O3. The molecule has 0 aliphatic heterocycles. The van der Waals surface area contributed by atoms with E-state index in [1.54, 1.807) is 0 Å². The Morgan fingerprint density at radius 1 is 1.62 bits per heavy atom. The minimum atomic E-state index is -4.69. The number of hydroxylamine groups is 1. The van der Waals surface area contributed by atoms with Crippen molar-refractivity contribution in [3.8, 4) is 0 Å². The SMILES string of the molecule is O=C(NO)c1cc(C(F)(F)F)on1. The van der Waals surface area contributed by atoms with Gasteiger partial charge in [0.25, 0.3) is 5.91 Å². The van der Waals surface area contributed by atoms with Crippen LogP contribution in [0.15, 0.2) is 10.6 Å². The van der Waals surface area contributed by atoms with E-state index in [0.29, 0.717) is 6.07 Å². The zero-order valence-electron chi connectivity index (χ0n) is 5.92. The second kappa shape index (κ2) is 3.05. The number of halogens is 3. The fourth-order valence-electron chi connectivity index (χ4n) is 0.573. The van der Waals surface area contributed by atoms with Crippen molar-refractivity contribution in [2.24, 2.45) is 0 Å². The minimum Gasteiger partial charge on any atom is -0.351 e. The van der Waals surface area contributed by atoms with E-state index >= 15 is 0 Å². The molecule has 0 aliphatic carbocycles. The maximum atomic E-state index is 11.8. The molecule has 0 aliphatic rings. The lowest BCUT2D eigenvalue weighted by atomic mass is 10.3. The molecule has 72 valence electrons. The summed E-state index contributed by atoms with van der Waals surface area (Å²) in [7, 11) is 0. The highest BCUT2D eigenvalue weighted by molar-refractivity contribution is 5.91. The zero-order chi connectivity index (χ0) is 10.1. The molecule has 0 saturated carbocycles. The number of amides is 1. The lowest BCUT2D eigenvalue weighted by Gasteiger charge is -1.97. The molecule has 1 heterocycles. The molecule has 2 N–H and O–H groups in total. The van der Waals surface area contributed by atoms with Crippen LogP contribution in [0.25, 0.3) is 0 Å². The third-order valence-corrected chi connectivity index (χ3v) is 1.12. The first-order valence-corrected chi connectivity index (χ1v) is 2.93. The third kappa shape index (κ3) is 1.96. The van der Waals surface area contributed by atoms with Crippen LogP contribution in [0.5, 0.6) is 0 Å². The van der Waals surface area contributed by atoms with Crippen molar-refractivity contribution in [1.82, 2.24) is 10.6 Å². The second-order valence-corrected chi connectivity index (χ2v) is 2.02. The number of carbonyl (C=O) groups is 1. The van der Waals surface area contributed by atoms with Crippen molar-refractivity contribution in [2.45, 2.75) is 6.18 Å². The Bertz CT molecular complexity index is 319. The van der Waals surface area contributed by atoms with Crippen LogP contribution in [0, 0.1) is 0 Å². The molecule has 1 amide bonds. The van der Waals surface area contributed by atoms with Gasteiger partial charge in [-0.05, 0) is 0 Å². The Morgan fingerprint density at radius 2 is 2.23 bits per heavy atom. The maximum absolute atomic E-state index is 11.8. The number of aromatic nitrogens is 1. The average molecular weight is 196 g/mol. The average Bonchev–Trinajstić information content (AvgIpc) is 2.50. The fraction of sp³-hybridized carbons (Fsp3) is 0.200. The molecule has 1 aromatic heterocycles. The number of nitrogens with one attached hydrogen (secondary N) is 1. The summed E-state index contributed by atoms with van der Waals surface area (Å²) in [6.07, 6.45) is -4.69. The summed E-state index contributed by atoms with van der Waals surface area (Å²) in [5.41, 5.74) is 0.474. The molecule has 0 unspecified atom stereocenters. The highest BCUT2D eigenvalue weighted by atomic mass is 19.4. The molecule has 0 atom stereocenters. The number of rotatable bonds is 1. The number of hydrogen-bond acceptors (Lipinski definition) is 4. The summed E-state index contributed by atoms with van der Waals surface area (Å²) >= 11 is 0. The van der Waals surface area contributed by atoms with Gasteiger partial charge < -0.3 is 4.52 Å². The van der Waals surface area contributed by atoms with Gasteiger partial charge in [0.15, 0.2) is 5.69 Å². The Morgan fingerprint density at radius 3 is 2.62 bits per heavy atom. The van der Waals surface area contributed by atoms with Gasteiger partial charge in [-0.15, -0.1) is 0 Å². The maximum Gasteiger partial charge on any atom is 0.452 e. The standard InChI is InChI=1S/C5H3F3N2O3/c6-5(7,8)3-1-2(10-13-3)4(11)9-12/h1,12H,(H,9,11). The molecule has 5 nitrogen and oxygen atoms in total. The van der Waals surface area contributed by atoms with Crippen LogP contribution in [-0.2, 0) is 6.18 Å². The monoisotopic (exact) mass is 196 g/mol. The molecule has 13 heavy (non-hydrogen) atoms. The Kier molecular flexibility index (Phi) is 2.24. The van der Waals surface area contributed by atoms with Gasteiger partial charge in [0.1, 0.15) is 0 Å². The van der Waals surface area contributed by atoms with Crippen molar-refractivity contribution < 1.29 is 27.7 Å². The highest BCUT2D eigenvalue weighted by Crippen LogP contribution is 2.29. The van der Waals surface area contributed by atoms with Crippen molar-refractivity contribution >= 4 is 5.91 Å². The number of nitrogens with zero attached hydrogens (tertiary/aromatic N) is 1. The predicted octanol–water partition coefficient (Wildman–Crippen LogP) is 0.812. The van der Waals surface area contributed by atoms with Crippen molar-refractivity contribution in [3.63, 3.8) is 0 Å². The van der Waals surface area contributed by atoms with Gasteiger partial charge in [0.2, 0.25) is 5.76 Å². The molecule has 0 radical (unpaired) electrons. The zero-order valence-corrected chi connectivity index (χ0v) is 5.92. The molecule has 0 aromatic carbocycles. The van der Waals surface area contributed by atoms with E-state index in [9.17, 15) is 18.0 Å². The number of alkyl halides is 3. The van der Waals surface area contributed by atoms with Crippen molar-refractivity contribution in [3.05, 3.63) is 17.5 Å². The van der Waals surface area contributed by atoms with Crippen molar-refractivity contribution in [2.75, 3.05) is 0 Å². The van der Waals surface area contributed by atoms with Gasteiger partial charge in [0.05, 0.1) is 0 Å². The van der Waals surface area contributed by atoms with Crippen LogP contribution < -0.4 is 5.48 Å². The highest BCUT2D eigenvalue weighted by Gasteiger charge is 2.36. The lowest BCUT2D eigenvalue weighted by Crippen LogP contribution is -2.18. The van der Waals surface area contributed by atoms with Gasteiger partial charge >= 0.3 is 6.18 Å². The third-order valence-electron chi connectivity index (χ3n) is 1.12. The predicted molar refractivity (Wildman–Crippen MR) is 30.8 cm³/mol. The van der Waals surface area contributed by atoms with Crippen LogP contribution in [0.4, 0.5) is 13.2 Å². The summed E-state index contributed by atoms with van der Waals surface area (Å²) in [5, 5.41) is 10.8. The number of hydrogen-bond donors (Lipinski definition) is 2. The first-order valence-electron chi connectivity index (χ1n) is 2.93. The first kappa shape index (κ1) is 9.52. The van der Waals surface area contributed by atoms with Gasteiger partial charge in [0, 0.05) is 6.07 Å². The summed E-state index contributed by atoms with van der Waals surface area (Å²) in [5.74, 6) is -2.56. The normalized spacial score (nSPS) is 11.4. The summed E-state index contributed by atoms with van der Waals surface area (Å²) in [4.78, 5) is 10.5. The number of carbonyl (C=O) groups excluding carboxylic acids is 1. The molecule has 1 rings (SSSR count). The van der Waals surface area contributed by atoms with E-state index in [1.165, 1.54) is 0 Å². The Hall–Kier alpha value is -1.57. The van der Waals surface area contributed by atoms with Crippen LogP contribution in [-0.4, -0.2) is 16.3 Å². The van der Waals surface area contributed by atoms with Crippen LogP contribution >= 0.6 is 0 Å². The smallest absolute Gasteiger partial charge is 0.351 e. The van der Waals surface area contributed by atoms with E-state index in [4.69, 9.17) is 5.21 Å². The molecule has 1 aromatic rings. The molecular weight excluding hydrogens is 193 g/mol. The first-order chi connectivity index (χ1) is 5.95. The van der Waals surface area contributed by atoms with Crippen LogP contribution in [0.2, 0.25) is 0 Å². The molecule has 0 fully saturated rings. The van der Waals surface area contributed by atoms with Crippen LogP contribution in [0.1, 0.15) is 16.2 Å². The van der Waals surface area contributed by atoms with E-state index in [0.717, 1.165) is 5.48 Å². The van der Waals surface area contributed by atoms with Gasteiger partial charge in [-0.25, -0.2) is 5.48 Å². The van der Waals surface area contributed by atoms with Crippen LogP contribution in [0.3, 0.4) is 0 Å². The fourth-order valence-corrected chi connectivity index (χ4v) is 0.573. The lowest BCUT2D eigenvalue weighted by molar-refractivity contribution is -0.155. The Labute approximate surface area is 69.1 Å². The summed E-state index contributed by atoms with van der Waals surface area (Å²) in [6, 6.07) is 0.381. The minimum absolute atomic E-state index is 0.381. The van der Waals surface area contributed by atoms with E-state index in [2.05, 4.69) is 9.68 Å². The topological polar surface area (TPSA) is 75.4 Å². The Balaban J connectivity index is 2.93. The molecule has 8 heteroatoms. The van der Waals surface area contributed by atoms with Crippen molar-refractivity contribution in [1.29, 1.82) is 0 Å².